The van der Waals surface area contributed by atoms with Gasteiger partial charge < -0.3 is 14.8 Å². The van der Waals surface area contributed by atoms with Gasteiger partial charge in [0, 0.05) is 6.54 Å². The van der Waals surface area contributed by atoms with Crippen LogP contribution < -0.4 is 14.8 Å². The van der Waals surface area contributed by atoms with Gasteiger partial charge in [-0.25, -0.2) is 0 Å². The predicted molar refractivity (Wildman–Crippen MR) is 106 cm³/mol. The third kappa shape index (κ3) is 6.19. The van der Waals surface area contributed by atoms with Crippen molar-refractivity contribution < 1.29 is 14.3 Å². The number of ether oxygens (including phenoxy) is 2. The van der Waals surface area contributed by atoms with Gasteiger partial charge in [-0.15, -0.1) is 0 Å². The van der Waals surface area contributed by atoms with Gasteiger partial charge in [-0.05, 0) is 42.2 Å². The molecule has 0 aliphatic heterocycles. The van der Waals surface area contributed by atoms with Crippen molar-refractivity contribution in [3.8, 4) is 17.6 Å². The lowest BCUT2D eigenvalue weighted by molar-refractivity contribution is -0.117. The van der Waals surface area contributed by atoms with Crippen LogP contribution in [0, 0.1) is 11.3 Å². The number of carbonyl (C=O) groups is 1. The Morgan fingerprint density at radius 1 is 1.19 bits per heavy atom. The van der Waals surface area contributed by atoms with E-state index in [9.17, 15) is 10.1 Å². The van der Waals surface area contributed by atoms with E-state index in [0.29, 0.717) is 36.6 Å². The zero-order valence-corrected chi connectivity index (χ0v) is 15.7. The third-order valence-corrected chi connectivity index (χ3v) is 3.87. The van der Waals surface area contributed by atoms with Crippen LogP contribution in [0.1, 0.15) is 24.5 Å². The quantitative estimate of drug-likeness (QED) is 0.543. The average molecular weight is 364 g/mol. The minimum absolute atomic E-state index is 0.0485. The molecule has 0 saturated heterocycles. The maximum Gasteiger partial charge on any atom is 0.261 e. The summed E-state index contributed by atoms with van der Waals surface area (Å²) in [5, 5.41) is 12.1. The largest absolute Gasteiger partial charge is 0.493 e. The van der Waals surface area contributed by atoms with Crippen molar-refractivity contribution in [2.75, 3.05) is 20.3 Å². The molecule has 0 unspecified atom stereocenters. The Labute approximate surface area is 160 Å². The Morgan fingerprint density at radius 2 is 1.96 bits per heavy atom. The molecule has 1 amide bonds. The number of rotatable bonds is 9. The zero-order valence-electron chi connectivity index (χ0n) is 15.7. The highest BCUT2D eigenvalue weighted by Gasteiger charge is 2.10. The summed E-state index contributed by atoms with van der Waals surface area (Å²) < 4.78 is 11.0. The van der Waals surface area contributed by atoms with Gasteiger partial charge in [-0.1, -0.05) is 43.3 Å². The number of nitrogens with zero attached hydrogens (tertiary/aromatic N) is 1. The molecule has 5 heteroatoms. The SMILES string of the molecule is CCCOc1ccc(/C=C(/C#N)C(=O)NCCc2ccccc2)cc1OC. The molecule has 0 aliphatic rings. The van der Waals surface area contributed by atoms with E-state index in [0.717, 1.165) is 12.0 Å². The standard InChI is InChI=1S/C22H24N2O3/c1-3-13-27-20-10-9-18(15-21(20)26-2)14-19(16-23)22(25)24-12-11-17-7-5-4-6-8-17/h4-10,14-15H,3,11-13H2,1-2H3,(H,24,25)/b19-14-. The van der Waals surface area contributed by atoms with E-state index in [1.165, 1.54) is 0 Å². The second kappa shape index (κ2) is 10.7. The topological polar surface area (TPSA) is 71.3 Å². The predicted octanol–water partition coefficient (Wildman–Crippen LogP) is 3.75. The fourth-order valence-electron chi connectivity index (χ4n) is 2.48. The fourth-order valence-corrected chi connectivity index (χ4v) is 2.48. The van der Waals surface area contributed by atoms with E-state index in [-0.39, 0.29) is 5.57 Å². The Balaban J connectivity index is 2.03. The summed E-state index contributed by atoms with van der Waals surface area (Å²) in [6.07, 6.45) is 3.15. The lowest BCUT2D eigenvalue weighted by atomic mass is 10.1. The first kappa shape index (κ1) is 20.1. The van der Waals surface area contributed by atoms with E-state index in [1.807, 2.05) is 43.3 Å². The van der Waals surface area contributed by atoms with Crippen molar-refractivity contribution in [2.24, 2.45) is 0 Å². The van der Waals surface area contributed by atoms with Gasteiger partial charge in [-0.2, -0.15) is 5.26 Å². The summed E-state index contributed by atoms with van der Waals surface area (Å²) in [6, 6.07) is 17.2. The highest BCUT2D eigenvalue weighted by molar-refractivity contribution is 6.01. The van der Waals surface area contributed by atoms with Crippen LogP contribution in [-0.4, -0.2) is 26.2 Å². The molecule has 2 aromatic carbocycles. The molecule has 0 aliphatic carbocycles. The molecule has 0 radical (unpaired) electrons. The molecule has 0 saturated carbocycles. The van der Waals surface area contributed by atoms with Crippen molar-refractivity contribution in [2.45, 2.75) is 19.8 Å². The highest BCUT2D eigenvalue weighted by atomic mass is 16.5. The van der Waals surface area contributed by atoms with Gasteiger partial charge in [0.05, 0.1) is 13.7 Å². The first-order chi connectivity index (χ1) is 13.2. The normalized spacial score (nSPS) is 10.8. The molecular formula is C22H24N2O3. The number of methoxy groups -OCH3 is 1. The van der Waals surface area contributed by atoms with Crippen LogP contribution in [0.2, 0.25) is 0 Å². The first-order valence-electron chi connectivity index (χ1n) is 8.92. The van der Waals surface area contributed by atoms with Crippen molar-refractivity contribution in [3.05, 3.63) is 65.2 Å². The van der Waals surface area contributed by atoms with Crippen molar-refractivity contribution in [1.82, 2.24) is 5.32 Å². The molecule has 1 N–H and O–H groups in total. The molecule has 140 valence electrons. The van der Waals surface area contributed by atoms with Gasteiger partial charge in [0.1, 0.15) is 11.6 Å². The number of carbonyl (C=O) groups excluding carboxylic acids is 1. The van der Waals surface area contributed by atoms with Gasteiger partial charge in [0.2, 0.25) is 0 Å². The first-order valence-corrected chi connectivity index (χ1v) is 8.92. The van der Waals surface area contributed by atoms with Crippen LogP contribution in [0.3, 0.4) is 0 Å². The van der Waals surface area contributed by atoms with E-state index in [2.05, 4.69) is 5.32 Å². The summed E-state index contributed by atoms with van der Waals surface area (Å²) in [7, 11) is 1.56. The molecule has 2 rings (SSSR count). The van der Waals surface area contributed by atoms with E-state index >= 15 is 0 Å². The molecule has 0 heterocycles. The molecule has 0 aromatic heterocycles. The lowest BCUT2D eigenvalue weighted by Gasteiger charge is -2.10. The van der Waals surface area contributed by atoms with E-state index in [4.69, 9.17) is 9.47 Å². The van der Waals surface area contributed by atoms with Crippen LogP contribution in [-0.2, 0) is 11.2 Å². The molecule has 2 aromatic rings. The van der Waals surface area contributed by atoms with Gasteiger partial charge >= 0.3 is 0 Å². The van der Waals surface area contributed by atoms with Crippen LogP contribution in [0.25, 0.3) is 6.08 Å². The fraction of sp³-hybridized carbons (Fsp3) is 0.273. The lowest BCUT2D eigenvalue weighted by Crippen LogP contribution is -2.26. The smallest absolute Gasteiger partial charge is 0.261 e. The van der Waals surface area contributed by atoms with Gasteiger partial charge in [0.15, 0.2) is 11.5 Å². The number of nitriles is 1. The van der Waals surface area contributed by atoms with Crippen LogP contribution in [0.4, 0.5) is 0 Å². The average Bonchev–Trinajstić information content (AvgIpc) is 2.71. The van der Waals surface area contributed by atoms with Crippen molar-refractivity contribution in [1.29, 1.82) is 5.26 Å². The van der Waals surface area contributed by atoms with Crippen LogP contribution in [0.5, 0.6) is 11.5 Å². The Bertz CT molecular complexity index is 823. The molecule has 27 heavy (non-hydrogen) atoms. The van der Waals surface area contributed by atoms with Gasteiger partial charge in [-0.3, -0.25) is 4.79 Å². The number of nitrogens with one attached hydrogen (secondary N) is 1. The van der Waals surface area contributed by atoms with Crippen molar-refractivity contribution in [3.63, 3.8) is 0 Å². The Morgan fingerprint density at radius 3 is 2.63 bits per heavy atom. The number of hydrogen-bond acceptors (Lipinski definition) is 4. The Kier molecular flexibility index (Phi) is 7.92. The number of benzene rings is 2. The molecule has 0 bridgehead atoms. The van der Waals surface area contributed by atoms with Gasteiger partial charge in [0.25, 0.3) is 5.91 Å². The number of amides is 1. The second-order valence-electron chi connectivity index (χ2n) is 5.92. The monoisotopic (exact) mass is 364 g/mol. The van der Waals surface area contributed by atoms with Crippen molar-refractivity contribution >= 4 is 12.0 Å². The minimum Gasteiger partial charge on any atom is -0.493 e. The molecule has 0 atom stereocenters. The zero-order chi connectivity index (χ0) is 19.5. The minimum atomic E-state index is -0.390. The summed E-state index contributed by atoms with van der Waals surface area (Å²) in [5.74, 6) is 0.819. The van der Waals surface area contributed by atoms with E-state index in [1.54, 1.807) is 31.4 Å². The maximum absolute atomic E-state index is 12.3. The summed E-state index contributed by atoms with van der Waals surface area (Å²) in [4.78, 5) is 12.3. The second-order valence-corrected chi connectivity index (χ2v) is 5.92. The van der Waals surface area contributed by atoms with Crippen LogP contribution in [0.15, 0.2) is 54.1 Å². The Hall–Kier alpha value is -3.26. The van der Waals surface area contributed by atoms with E-state index < -0.39 is 5.91 Å². The molecule has 0 fully saturated rings. The third-order valence-electron chi connectivity index (χ3n) is 3.87. The maximum atomic E-state index is 12.3. The summed E-state index contributed by atoms with van der Waals surface area (Å²) >= 11 is 0. The van der Waals surface area contributed by atoms with Crippen LogP contribution >= 0.6 is 0 Å². The summed E-state index contributed by atoms with van der Waals surface area (Å²) in [6.45, 7) is 3.09. The molecular weight excluding hydrogens is 340 g/mol. The summed E-state index contributed by atoms with van der Waals surface area (Å²) in [5.41, 5.74) is 1.88. The molecule has 0 spiro atoms. The number of hydrogen-bond donors (Lipinski definition) is 1. The molecule has 5 nitrogen and oxygen atoms in total. The highest BCUT2D eigenvalue weighted by Crippen LogP contribution is 2.29.